The van der Waals surface area contributed by atoms with E-state index in [4.69, 9.17) is 20.1 Å². The first-order valence-corrected chi connectivity index (χ1v) is 5.47. The largest absolute Gasteiger partial charge is 0.415 e. The molecule has 0 fully saturated rings. The van der Waals surface area contributed by atoms with Crippen molar-refractivity contribution in [3.8, 4) is 0 Å². The van der Waals surface area contributed by atoms with E-state index in [1.54, 1.807) is 0 Å². The number of ether oxygens (including phenoxy) is 1. The number of carbonyl (C=O) groups is 1. The number of quaternary nitrogens is 1. The lowest BCUT2D eigenvalue weighted by Crippen LogP contribution is -2.52. The number of unbranched alkanes of at least 4 members (excludes halogenated alkanes) is 2. The Labute approximate surface area is 95.7 Å². The third kappa shape index (κ3) is 5.41. The van der Waals surface area contributed by atoms with Gasteiger partial charge in [0.15, 0.2) is 20.2 Å². The van der Waals surface area contributed by atoms with Crippen LogP contribution in [0.1, 0.15) is 32.6 Å². The molecule has 0 spiro atoms. The van der Waals surface area contributed by atoms with Crippen molar-refractivity contribution in [2.75, 3.05) is 26.9 Å². The molecule has 0 radical (unpaired) electrons. The average Bonchev–Trinajstić information content (AvgIpc) is 2.32. The van der Waals surface area contributed by atoms with Gasteiger partial charge >= 0.3 is 5.97 Å². The number of aliphatic hydroxyl groups excluding tert-OH is 3. The monoisotopic (exact) mass is 236 g/mol. The lowest BCUT2D eigenvalue weighted by Gasteiger charge is -2.30. The standard InChI is InChI=1S/C10H22NO5/c1-2-3-4-5-10(15)16-9-11(6-12,7-13)8-14/h12-14H,2-9H2,1H3/q+1. The van der Waals surface area contributed by atoms with Crippen LogP contribution in [-0.4, -0.2) is 52.7 Å². The summed E-state index contributed by atoms with van der Waals surface area (Å²) >= 11 is 0. The third-order valence-corrected chi connectivity index (χ3v) is 2.38. The van der Waals surface area contributed by atoms with Crippen LogP contribution in [0.3, 0.4) is 0 Å². The molecule has 0 aliphatic heterocycles. The van der Waals surface area contributed by atoms with Crippen molar-refractivity contribution in [3.63, 3.8) is 0 Å². The molecule has 16 heavy (non-hydrogen) atoms. The summed E-state index contributed by atoms with van der Waals surface area (Å²) in [6.45, 7) is 0.394. The maximum atomic E-state index is 11.2. The van der Waals surface area contributed by atoms with E-state index in [0.29, 0.717) is 6.42 Å². The van der Waals surface area contributed by atoms with E-state index in [-0.39, 0.29) is 12.7 Å². The molecule has 6 heteroatoms. The SMILES string of the molecule is CCCCCC(=O)OC[N+](CO)(CO)CO. The van der Waals surface area contributed by atoms with Gasteiger partial charge in [-0.3, -0.25) is 4.79 Å². The minimum Gasteiger partial charge on any atom is -0.415 e. The Balaban J connectivity index is 3.87. The highest BCUT2D eigenvalue weighted by Gasteiger charge is 2.26. The second-order valence-electron chi connectivity index (χ2n) is 3.87. The highest BCUT2D eigenvalue weighted by molar-refractivity contribution is 5.69. The number of hydrogen-bond acceptors (Lipinski definition) is 5. The summed E-state index contributed by atoms with van der Waals surface area (Å²) in [5, 5.41) is 26.9. The molecule has 0 unspecified atom stereocenters. The van der Waals surface area contributed by atoms with Gasteiger partial charge in [-0.2, -0.15) is 0 Å². The molecule has 0 amide bonds. The molecule has 0 aliphatic carbocycles. The number of nitrogens with zero attached hydrogens (tertiary/aromatic N) is 1. The van der Waals surface area contributed by atoms with Crippen molar-refractivity contribution in [1.82, 2.24) is 0 Å². The van der Waals surface area contributed by atoms with E-state index in [9.17, 15) is 4.79 Å². The van der Waals surface area contributed by atoms with E-state index in [2.05, 4.69) is 0 Å². The highest BCUT2D eigenvalue weighted by Crippen LogP contribution is 2.05. The second-order valence-corrected chi connectivity index (χ2v) is 3.87. The fraction of sp³-hybridized carbons (Fsp3) is 0.900. The number of esters is 1. The molecule has 0 bridgehead atoms. The smallest absolute Gasteiger partial charge is 0.310 e. The molecule has 0 atom stereocenters. The zero-order valence-electron chi connectivity index (χ0n) is 9.76. The first kappa shape index (κ1) is 15.3. The molecule has 0 heterocycles. The molecule has 0 aromatic heterocycles. The summed E-state index contributed by atoms with van der Waals surface area (Å²) in [7, 11) is 0. The zero-order chi connectivity index (χ0) is 12.4. The van der Waals surface area contributed by atoms with Crippen LogP contribution >= 0.6 is 0 Å². The van der Waals surface area contributed by atoms with Gasteiger partial charge in [-0.25, -0.2) is 4.48 Å². The normalized spacial score (nSPS) is 11.5. The Bertz CT molecular complexity index is 185. The summed E-state index contributed by atoms with van der Waals surface area (Å²) in [5.41, 5.74) is 0. The maximum absolute atomic E-state index is 11.2. The molecule has 3 N–H and O–H groups in total. The Kier molecular flexibility index (Phi) is 8.10. The molecular formula is C10H22NO5+. The van der Waals surface area contributed by atoms with Gasteiger partial charge in [-0.05, 0) is 6.42 Å². The topological polar surface area (TPSA) is 87.0 Å². The lowest BCUT2D eigenvalue weighted by atomic mass is 10.2. The minimum absolute atomic E-state index is 0.214. The van der Waals surface area contributed by atoms with Gasteiger partial charge in [-0.15, -0.1) is 0 Å². The second kappa shape index (κ2) is 8.46. The van der Waals surface area contributed by atoms with E-state index in [1.807, 2.05) is 6.92 Å². The van der Waals surface area contributed by atoms with Crippen molar-refractivity contribution in [2.45, 2.75) is 32.6 Å². The Morgan fingerprint density at radius 1 is 1.12 bits per heavy atom. The zero-order valence-corrected chi connectivity index (χ0v) is 9.76. The minimum atomic E-state index is -0.477. The van der Waals surface area contributed by atoms with Gasteiger partial charge in [0.1, 0.15) is 0 Å². The lowest BCUT2D eigenvalue weighted by molar-refractivity contribution is -0.990. The molecule has 96 valence electrons. The first-order chi connectivity index (χ1) is 7.64. The van der Waals surface area contributed by atoms with Gasteiger partial charge in [0.2, 0.25) is 6.73 Å². The number of rotatable bonds is 9. The molecule has 0 saturated heterocycles. The Hall–Kier alpha value is -0.690. The maximum Gasteiger partial charge on any atom is 0.310 e. The Morgan fingerprint density at radius 3 is 2.12 bits per heavy atom. The summed E-state index contributed by atoms with van der Waals surface area (Å²) in [5.74, 6) is -0.369. The van der Waals surface area contributed by atoms with Gasteiger partial charge in [0.25, 0.3) is 0 Å². The van der Waals surface area contributed by atoms with Crippen LogP contribution in [0, 0.1) is 0 Å². The first-order valence-electron chi connectivity index (χ1n) is 5.47. The van der Waals surface area contributed by atoms with Crippen LogP contribution in [0.15, 0.2) is 0 Å². The van der Waals surface area contributed by atoms with Gasteiger partial charge in [0, 0.05) is 6.42 Å². The van der Waals surface area contributed by atoms with Crippen molar-refractivity contribution in [2.24, 2.45) is 0 Å². The van der Waals surface area contributed by atoms with Crippen molar-refractivity contribution in [1.29, 1.82) is 0 Å². The summed E-state index contributed by atoms with van der Waals surface area (Å²) in [6.07, 6.45) is 3.09. The van der Waals surface area contributed by atoms with Gasteiger partial charge in [-0.1, -0.05) is 19.8 Å². The summed E-state index contributed by atoms with van der Waals surface area (Å²) in [6, 6.07) is 0. The fourth-order valence-electron chi connectivity index (χ4n) is 1.06. The summed E-state index contributed by atoms with van der Waals surface area (Å²) in [4.78, 5) is 11.2. The quantitative estimate of drug-likeness (QED) is 0.222. The van der Waals surface area contributed by atoms with E-state index in [0.717, 1.165) is 19.3 Å². The number of hydrogen-bond donors (Lipinski definition) is 3. The predicted molar refractivity (Wildman–Crippen MR) is 56.6 cm³/mol. The van der Waals surface area contributed by atoms with E-state index < -0.39 is 24.7 Å². The summed E-state index contributed by atoms with van der Waals surface area (Å²) < 4.78 is 4.42. The van der Waals surface area contributed by atoms with Crippen molar-refractivity contribution < 1.29 is 29.3 Å². The molecule has 0 aromatic rings. The fourth-order valence-corrected chi connectivity index (χ4v) is 1.06. The molecule has 0 aromatic carbocycles. The molecule has 0 rings (SSSR count). The van der Waals surface area contributed by atoms with Gasteiger partial charge in [0.05, 0.1) is 0 Å². The molecule has 0 saturated carbocycles. The van der Waals surface area contributed by atoms with Gasteiger partial charge < -0.3 is 20.1 Å². The van der Waals surface area contributed by atoms with Crippen LogP contribution in [0.2, 0.25) is 0 Å². The van der Waals surface area contributed by atoms with Crippen LogP contribution in [0.25, 0.3) is 0 Å². The predicted octanol–water partition coefficient (Wildman–Crippen LogP) is -0.266. The molecule has 6 nitrogen and oxygen atoms in total. The van der Waals surface area contributed by atoms with Crippen LogP contribution in [0.4, 0.5) is 0 Å². The highest BCUT2D eigenvalue weighted by atomic mass is 16.6. The number of carbonyl (C=O) groups excluding carboxylic acids is 1. The third-order valence-electron chi connectivity index (χ3n) is 2.38. The molecule has 0 aliphatic rings. The van der Waals surface area contributed by atoms with E-state index in [1.165, 1.54) is 0 Å². The molecular weight excluding hydrogens is 214 g/mol. The average molecular weight is 236 g/mol. The van der Waals surface area contributed by atoms with Crippen LogP contribution < -0.4 is 0 Å². The Morgan fingerprint density at radius 2 is 1.69 bits per heavy atom. The van der Waals surface area contributed by atoms with Crippen molar-refractivity contribution >= 4 is 5.97 Å². The van der Waals surface area contributed by atoms with Crippen molar-refractivity contribution in [3.05, 3.63) is 0 Å². The van der Waals surface area contributed by atoms with Crippen LogP contribution in [0.5, 0.6) is 0 Å². The van der Waals surface area contributed by atoms with Crippen LogP contribution in [-0.2, 0) is 9.53 Å². The van der Waals surface area contributed by atoms with E-state index >= 15 is 0 Å². The number of aliphatic hydroxyl groups is 3.